The van der Waals surface area contributed by atoms with Crippen LogP contribution in [-0.4, -0.2) is 12.5 Å². The second-order valence-electron chi connectivity index (χ2n) is 5.46. The first kappa shape index (κ1) is 16.9. The monoisotopic (exact) mass is 312 g/mol. The third-order valence-corrected chi connectivity index (χ3v) is 3.37. The third-order valence-electron chi connectivity index (χ3n) is 3.37. The van der Waals surface area contributed by atoms with Gasteiger partial charge in [-0.15, -0.1) is 0 Å². The van der Waals surface area contributed by atoms with Crippen LogP contribution in [0.4, 0.5) is 11.4 Å². The normalized spacial score (nSPS) is 10.2. The summed E-state index contributed by atoms with van der Waals surface area (Å²) in [5, 5.41) is 6.13. The van der Waals surface area contributed by atoms with Gasteiger partial charge in [0.05, 0.1) is 6.61 Å². The van der Waals surface area contributed by atoms with Gasteiger partial charge >= 0.3 is 0 Å². The third kappa shape index (κ3) is 6.02. The average Bonchev–Trinajstić information content (AvgIpc) is 2.54. The smallest absolute Gasteiger partial charge is 0.221 e. The number of carbonyl (C=O) groups is 1. The van der Waals surface area contributed by atoms with E-state index in [1.807, 2.05) is 36.4 Å². The Hall–Kier alpha value is -2.49. The SMILES string of the molecule is CCCCOc1ccc(CNc2cccc(NC(C)=O)c2)cc1. The predicted molar refractivity (Wildman–Crippen MR) is 94.9 cm³/mol. The molecule has 0 atom stereocenters. The fourth-order valence-electron chi connectivity index (χ4n) is 2.15. The van der Waals surface area contributed by atoms with Gasteiger partial charge in [-0.05, 0) is 42.3 Å². The fourth-order valence-corrected chi connectivity index (χ4v) is 2.15. The van der Waals surface area contributed by atoms with Gasteiger partial charge in [0.1, 0.15) is 5.75 Å². The predicted octanol–water partition coefficient (Wildman–Crippen LogP) is 4.44. The summed E-state index contributed by atoms with van der Waals surface area (Å²) in [6.07, 6.45) is 2.22. The van der Waals surface area contributed by atoms with E-state index in [2.05, 4.69) is 29.7 Å². The molecule has 0 aliphatic rings. The second kappa shape index (κ2) is 8.83. The Labute approximate surface area is 137 Å². The Kier molecular flexibility index (Phi) is 6.48. The van der Waals surface area contributed by atoms with Crippen LogP contribution in [-0.2, 0) is 11.3 Å². The second-order valence-corrected chi connectivity index (χ2v) is 5.46. The molecular formula is C19H24N2O2. The maximum absolute atomic E-state index is 11.1. The molecule has 0 heterocycles. The number of rotatable bonds is 8. The highest BCUT2D eigenvalue weighted by atomic mass is 16.5. The van der Waals surface area contributed by atoms with Crippen molar-refractivity contribution in [1.29, 1.82) is 0 Å². The number of nitrogens with one attached hydrogen (secondary N) is 2. The first-order valence-corrected chi connectivity index (χ1v) is 8.00. The van der Waals surface area contributed by atoms with Gasteiger partial charge in [0.25, 0.3) is 0 Å². The van der Waals surface area contributed by atoms with Crippen molar-refractivity contribution in [2.75, 3.05) is 17.2 Å². The van der Waals surface area contributed by atoms with Crippen LogP contribution in [0.1, 0.15) is 32.3 Å². The van der Waals surface area contributed by atoms with Crippen LogP contribution in [0.25, 0.3) is 0 Å². The highest BCUT2D eigenvalue weighted by Gasteiger charge is 1.99. The van der Waals surface area contributed by atoms with Gasteiger partial charge in [-0.2, -0.15) is 0 Å². The molecule has 2 aromatic carbocycles. The van der Waals surface area contributed by atoms with E-state index in [1.54, 1.807) is 0 Å². The molecule has 0 radical (unpaired) electrons. The van der Waals surface area contributed by atoms with E-state index in [9.17, 15) is 4.79 Å². The van der Waals surface area contributed by atoms with Crippen LogP contribution >= 0.6 is 0 Å². The molecule has 2 aromatic rings. The van der Waals surface area contributed by atoms with Crippen LogP contribution in [0.15, 0.2) is 48.5 Å². The number of unbranched alkanes of at least 4 members (excludes halogenated alkanes) is 1. The average molecular weight is 312 g/mol. The highest BCUT2D eigenvalue weighted by molar-refractivity contribution is 5.89. The molecule has 0 unspecified atom stereocenters. The zero-order chi connectivity index (χ0) is 16.5. The van der Waals surface area contributed by atoms with Crippen molar-refractivity contribution in [3.05, 3.63) is 54.1 Å². The molecule has 2 N–H and O–H groups in total. The maximum atomic E-state index is 11.1. The van der Waals surface area contributed by atoms with Crippen molar-refractivity contribution >= 4 is 17.3 Å². The molecule has 2 rings (SSSR count). The summed E-state index contributed by atoms with van der Waals surface area (Å²) in [6, 6.07) is 15.8. The Morgan fingerprint density at radius 1 is 1.09 bits per heavy atom. The lowest BCUT2D eigenvalue weighted by Gasteiger charge is -2.10. The molecule has 0 aliphatic carbocycles. The fraction of sp³-hybridized carbons (Fsp3) is 0.316. The summed E-state index contributed by atoms with van der Waals surface area (Å²) in [4.78, 5) is 11.1. The molecule has 23 heavy (non-hydrogen) atoms. The summed E-state index contributed by atoms with van der Waals surface area (Å²) in [5.41, 5.74) is 2.94. The summed E-state index contributed by atoms with van der Waals surface area (Å²) in [7, 11) is 0. The summed E-state index contributed by atoms with van der Waals surface area (Å²) >= 11 is 0. The van der Waals surface area contributed by atoms with Gasteiger partial charge in [0.2, 0.25) is 5.91 Å². The first-order chi connectivity index (χ1) is 11.2. The molecule has 0 saturated carbocycles. The lowest BCUT2D eigenvalue weighted by atomic mass is 10.2. The molecule has 0 aliphatic heterocycles. The number of carbonyl (C=O) groups excluding carboxylic acids is 1. The number of hydrogen-bond acceptors (Lipinski definition) is 3. The topological polar surface area (TPSA) is 50.4 Å². The van der Waals surface area contributed by atoms with Gasteiger partial charge in [-0.3, -0.25) is 4.79 Å². The Morgan fingerprint density at radius 2 is 1.83 bits per heavy atom. The van der Waals surface area contributed by atoms with Crippen LogP contribution < -0.4 is 15.4 Å². The molecule has 0 saturated heterocycles. The van der Waals surface area contributed by atoms with Crippen molar-refractivity contribution in [2.24, 2.45) is 0 Å². The molecule has 0 spiro atoms. The summed E-state index contributed by atoms with van der Waals surface area (Å²) < 4.78 is 5.66. The molecule has 122 valence electrons. The maximum Gasteiger partial charge on any atom is 0.221 e. The van der Waals surface area contributed by atoms with Crippen LogP contribution in [0.5, 0.6) is 5.75 Å². The van der Waals surface area contributed by atoms with Gasteiger partial charge in [-0.1, -0.05) is 31.5 Å². The van der Waals surface area contributed by atoms with Gasteiger partial charge in [-0.25, -0.2) is 0 Å². The largest absolute Gasteiger partial charge is 0.494 e. The van der Waals surface area contributed by atoms with E-state index >= 15 is 0 Å². The molecule has 0 fully saturated rings. The van der Waals surface area contributed by atoms with E-state index in [-0.39, 0.29) is 5.91 Å². The molecular weight excluding hydrogens is 288 g/mol. The Morgan fingerprint density at radius 3 is 2.52 bits per heavy atom. The van der Waals surface area contributed by atoms with E-state index < -0.39 is 0 Å². The lowest BCUT2D eigenvalue weighted by Crippen LogP contribution is -2.06. The number of amides is 1. The van der Waals surface area contributed by atoms with Crippen molar-refractivity contribution in [3.8, 4) is 5.75 Å². The van der Waals surface area contributed by atoms with Crippen LogP contribution in [0, 0.1) is 0 Å². The number of benzene rings is 2. The zero-order valence-electron chi connectivity index (χ0n) is 13.8. The lowest BCUT2D eigenvalue weighted by molar-refractivity contribution is -0.114. The molecule has 4 heteroatoms. The quantitative estimate of drug-likeness (QED) is 0.709. The number of hydrogen-bond donors (Lipinski definition) is 2. The van der Waals surface area contributed by atoms with Crippen molar-refractivity contribution in [3.63, 3.8) is 0 Å². The minimum Gasteiger partial charge on any atom is -0.494 e. The molecule has 1 amide bonds. The summed E-state index contributed by atoms with van der Waals surface area (Å²) in [6.45, 7) is 5.14. The highest BCUT2D eigenvalue weighted by Crippen LogP contribution is 2.17. The van der Waals surface area contributed by atoms with Gasteiger partial charge < -0.3 is 15.4 Å². The van der Waals surface area contributed by atoms with E-state index in [1.165, 1.54) is 12.5 Å². The van der Waals surface area contributed by atoms with Gasteiger partial charge in [0, 0.05) is 24.8 Å². The number of anilines is 2. The Bertz CT molecular complexity index is 624. The van der Waals surface area contributed by atoms with Crippen LogP contribution in [0.2, 0.25) is 0 Å². The zero-order valence-corrected chi connectivity index (χ0v) is 13.8. The molecule has 4 nitrogen and oxygen atoms in total. The summed E-state index contributed by atoms with van der Waals surface area (Å²) in [5.74, 6) is 0.843. The van der Waals surface area contributed by atoms with E-state index in [0.717, 1.165) is 43.1 Å². The minimum atomic E-state index is -0.0687. The minimum absolute atomic E-state index is 0.0687. The van der Waals surface area contributed by atoms with Crippen molar-refractivity contribution in [2.45, 2.75) is 33.2 Å². The van der Waals surface area contributed by atoms with Crippen molar-refractivity contribution in [1.82, 2.24) is 0 Å². The standard InChI is InChI=1S/C19H24N2O2/c1-3-4-12-23-19-10-8-16(9-11-19)14-20-17-6-5-7-18(13-17)21-15(2)22/h5-11,13,20H,3-4,12,14H2,1-2H3,(H,21,22). The van der Waals surface area contributed by atoms with Crippen molar-refractivity contribution < 1.29 is 9.53 Å². The van der Waals surface area contributed by atoms with E-state index in [4.69, 9.17) is 4.74 Å². The number of ether oxygens (including phenoxy) is 1. The molecule has 0 bridgehead atoms. The van der Waals surface area contributed by atoms with Gasteiger partial charge in [0.15, 0.2) is 0 Å². The molecule has 0 aromatic heterocycles. The first-order valence-electron chi connectivity index (χ1n) is 8.00. The van der Waals surface area contributed by atoms with Crippen LogP contribution in [0.3, 0.4) is 0 Å². The Balaban J connectivity index is 1.86. The van der Waals surface area contributed by atoms with E-state index in [0.29, 0.717) is 0 Å².